The number of nitrogens with zero attached hydrogens (tertiary/aromatic N) is 4. The van der Waals surface area contributed by atoms with Gasteiger partial charge in [-0.25, -0.2) is 0 Å². The van der Waals surface area contributed by atoms with E-state index in [1.165, 1.54) is 43.7 Å². The first-order valence-electron chi connectivity index (χ1n) is 12.7. The summed E-state index contributed by atoms with van der Waals surface area (Å²) in [6, 6.07) is 26.6. The van der Waals surface area contributed by atoms with Crippen molar-refractivity contribution in [1.29, 1.82) is 0 Å². The molecule has 0 aliphatic rings. The van der Waals surface area contributed by atoms with Gasteiger partial charge in [0.25, 0.3) is 0 Å². The van der Waals surface area contributed by atoms with Gasteiger partial charge >= 0.3 is 0 Å². The van der Waals surface area contributed by atoms with E-state index in [1.54, 1.807) is 0 Å². The molecule has 4 heteroatoms. The van der Waals surface area contributed by atoms with E-state index in [0.29, 0.717) is 0 Å². The van der Waals surface area contributed by atoms with E-state index in [1.807, 2.05) is 24.8 Å². The third-order valence-corrected chi connectivity index (χ3v) is 7.50. The van der Waals surface area contributed by atoms with Gasteiger partial charge in [-0.3, -0.25) is 9.97 Å². The van der Waals surface area contributed by atoms with Gasteiger partial charge in [0, 0.05) is 57.7 Å². The third kappa shape index (κ3) is 3.29. The van der Waals surface area contributed by atoms with Crippen LogP contribution >= 0.6 is 0 Å². The van der Waals surface area contributed by atoms with Crippen molar-refractivity contribution in [3.8, 4) is 11.4 Å². The molecule has 4 aromatic heterocycles. The Hall–Kier alpha value is -4.44. The molecular weight excluding hydrogens is 452 g/mol. The molecule has 0 bridgehead atoms. The minimum Gasteiger partial charge on any atom is -0.309 e. The SMILES string of the molecule is Cc1ccc2c(c1)c1cnccc1n2-c1cccc(-n2c3ccncc3c3cc(C(C)(C)C)ccc32)c1. The highest BCUT2D eigenvalue weighted by atomic mass is 15.0. The van der Waals surface area contributed by atoms with Gasteiger partial charge in [0.05, 0.1) is 22.1 Å². The third-order valence-electron chi connectivity index (χ3n) is 7.50. The van der Waals surface area contributed by atoms with Crippen LogP contribution < -0.4 is 0 Å². The number of hydrogen-bond donors (Lipinski definition) is 0. The Morgan fingerprint density at radius 2 is 1.11 bits per heavy atom. The van der Waals surface area contributed by atoms with E-state index in [-0.39, 0.29) is 5.41 Å². The monoisotopic (exact) mass is 480 g/mol. The van der Waals surface area contributed by atoms with Crippen LogP contribution in [0.25, 0.3) is 55.0 Å². The summed E-state index contributed by atoms with van der Waals surface area (Å²) in [6.07, 6.45) is 7.73. The molecule has 0 atom stereocenters. The van der Waals surface area contributed by atoms with E-state index in [9.17, 15) is 0 Å². The van der Waals surface area contributed by atoms with E-state index in [2.05, 4.69) is 120 Å². The second kappa shape index (κ2) is 7.78. The molecule has 7 aromatic rings. The predicted molar refractivity (Wildman–Crippen MR) is 154 cm³/mol. The summed E-state index contributed by atoms with van der Waals surface area (Å²) in [5.74, 6) is 0. The topological polar surface area (TPSA) is 35.6 Å². The average Bonchev–Trinajstić information content (AvgIpc) is 3.40. The van der Waals surface area contributed by atoms with E-state index in [0.717, 1.165) is 22.4 Å². The molecule has 0 aliphatic heterocycles. The summed E-state index contributed by atoms with van der Waals surface area (Å²) in [6.45, 7) is 8.93. The number of benzene rings is 3. The first-order chi connectivity index (χ1) is 17.9. The van der Waals surface area contributed by atoms with Crippen molar-refractivity contribution < 1.29 is 0 Å². The van der Waals surface area contributed by atoms with Gasteiger partial charge in [0.2, 0.25) is 0 Å². The van der Waals surface area contributed by atoms with Crippen LogP contribution in [0.1, 0.15) is 31.9 Å². The summed E-state index contributed by atoms with van der Waals surface area (Å²) < 4.78 is 4.71. The van der Waals surface area contributed by atoms with Crippen molar-refractivity contribution in [2.75, 3.05) is 0 Å². The zero-order valence-electron chi connectivity index (χ0n) is 21.5. The van der Waals surface area contributed by atoms with Crippen LogP contribution in [0.5, 0.6) is 0 Å². The lowest BCUT2D eigenvalue weighted by atomic mass is 9.86. The number of aryl methyl sites for hydroxylation is 1. The number of pyridine rings is 2. The van der Waals surface area contributed by atoms with E-state index in [4.69, 9.17) is 0 Å². The molecule has 7 rings (SSSR count). The molecular formula is C33H28N4. The van der Waals surface area contributed by atoms with Crippen LogP contribution in [0, 0.1) is 6.92 Å². The highest BCUT2D eigenvalue weighted by Crippen LogP contribution is 2.36. The summed E-state index contributed by atoms with van der Waals surface area (Å²) in [5.41, 5.74) is 9.61. The maximum atomic E-state index is 4.47. The summed E-state index contributed by atoms with van der Waals surface area (Å²) in [5, 5.41) is 4.81. The lowest BCUT2D eigenvalue weighted by Gasteiger charge is -2.19. The molecule has 0 unspecified atom stereocenters. The molecule has 3 aromatic carbocycles. The lowest BCUT2D eigenvalue weighted by molar-refractivity contribution is 0.591. The zero-order chi connectivity index (χ0) is 25.3. The van der Waals surface area contributed by atoms with Crippen LogP contribution in [0.3, 0.4) is 0 Å². The van der Waals surface area contributed by atoms with Crippen molar-refractivity contribution in [3.05, 3.63) is 109 Å². The first kappa shape index (κ1) is 21.8. The zero-order valence-corrected chi connectivity index (χ0v) is 21.5. The quantitative estimate of drug-likeness (QED) is 0.250. The molecule has 0 amide bonds. The fourth-order valence-electron chi connectivity index (χ4n) is 5.64. The number of fused-ring (bicyclic) bond motifs is 6. The summed E-state index contributed by atoms with van der Waals surface area (Å²) in [4.78, 5) is 8.90. The molecule has 0 N–H and O–H groups in total. The van der Waals surface area contributed by atoms with Crippen molar-refractivity contribution in [3.63, 3.8) is 0 Å². The second-order valence-corrected chi connectivity index (χ2v) is 11.0. The van der Waals surface area contributed by atoms with Crippen LogP contribution in [-0.4, -0.2) is 19.1 Å². The molecule has 0 aliphatic carbocycles. The fraction of sp³-hybridized carbons (Fsp3) is 0.152. The van der Waals surface area contributed by atoms with Crippen LogP contribution in [0.2, 0.25) is 0 Å². The molecule has 0 radical (unpaired) electrons. The molecule has 0 spiro atoms. The van der Waals surface area contributed by atoms with Crippen molar-refractivity contribution in [1.82, 2.24) is 19.1 Å². The number of hydrogen-bond acceptors (Lipinski definition) is 2. The lowest BCUT2D eigenvalue weighted by Crippen LogP contribution is -2.10. The van der Waals surface area contributed by atoms with Crippen LogP contribution in [0.15, 0.2) is 97.6 Å². The Morgan fingerprint density at radius 3 is 1.70 bits per heavy atom. The van der Waals surface area contributed by atoms with Crippen molar-refractivity contribution in [2.45, 2.75) is 33.1 Å². The average molecular weight is 481 g/mol. The molecule has 37 heavy (non-hydrogen) atoms. The van der Waals surface area contributed by atoms with Crippen molar-refractivity contribution in [2.24, 2.45) is 0 Å². The van der Waals surface area contributed by atoms with Crippen LogP contribution in [-0.2, 0) is 5.41 Å². The number of rotatable bonds is 2. The standard InChI is InChI=1S/C33H28N4/c1-21-8-10-29-25(16-21)27-19-34-14-12-31(27)36(29)23-6-5-7-24(18-23)37-30-11-9-22(33(2,3)4)17-26(30)28-20-35-15-13-32(28)37/h5-20H,1-4H3. The van der Waals surface area contributed by atoms with Gasteiger partial charge in [-0.2, -0.15) is 0 Å². The smallest absolute Gasteiger partial charge is 0.0571 e. The Kier molecular flexibility index (Phi) is 4.58. The predicted octanol–water partition coefficient (Wildman–Crippen LogP) is 8.28. The Morgan fingerprint density at radius 1 is 0.568 bits per heavy atom. The maximum absolute atomic E-state index is 4.47. The molecule has 4 nitrogen and oxygen atoms in total. The van der Waals surface area contributed by atoms with Gasteiger partial charge in [-0.1, -0.05) is 44.5 Å². The van der Waals surface area contributed by atoms with Gasteiger partial charge in [0.15, 0.2) is 0 Å². The van der Waals surface area contributed by atoms with E-state index >= 15 is 0 Å². The highest BCUT2D eigenvalue weighted by molar-refractivity contribution is 6.10. The normalized spacial score (nSPS) is 12.3. The summed E-state index contributed by atoms with van der Waals surface area (Å²) in [7, 11) is 0. The minimum atomic E-state index is 0.0779. The van der Waals surface area contributed by atoms with Gasteiger partial charge in [-0.15, -0.1) is 0 Å². The maximum Gasteiger partial charge on any atom is 0.0571 e. The fourth-order valence-corrected chi connectivity index (χ4v) is 5.64. The molecule has 0 saturated carbocycles. The van der Waals surface area contributed by atoms with Gasteiger partial charge in [0.1, 0.15) is 0 Å². The first-order valence-corrected chi connectivity index (χ1v) is 12.7. The molecule has 0 saturated heterocycles. The largest absolute Gasteiger partial charge is 0.309 e. The Bertz CT molecular complexity index is 1980. The Balaban J connectivity index is 1.51. The molecule has 4 heterocycles. The number of aromatic nitrogens is 4. The van der Waals surface area contributed by atoms with Crippen LogP contribution in [0.4, 0.5) is 0 Å². The molecule has 180 valence electrons. The van der Waals surface area contributed by atoms with Gasteiger partial charge < -0.3 is 9.13 Å². The van der Waals surface area contributed by atoms with E-state index < -0.39 is 0 Å². The highest BCUT2D eigenvalue weighted by Gasteiger charge is 2.19. The van der Waals surface area contributed by atoms with Gasteiger partial charge in [-0.05, 0) is 72.5 Å². The summed E-state index contributed by atoms with van der Waals surface area (Å²) >= 11 is 0. The Labute approximate surface area is 215 Å². The van der Waals surface area contributed by atoms with Crippen molar-refractivity contribution >= 4 is 43.6 Å². The second-order valence-electron chi connectivity index (χ2n) is 11.0. The minimum absolute atomic E-state index is 0.0779. The molecule has 0 fully saturated rings.